The van der Waals surface area contributed by atoms with Crippen LogP contribution in [0, 0.1) is 0 Å². The fraction of sp³-hybridized carbons (Fsp3) is 0.917. The van der Waals surface area contributed by atoms with Gasteiger partial charge in [-0.1, -0.05) is 13.3 Å². The van der Waals surface area contributed by atoms with Crippen LogP contribution >= 0.6 is 0 Å². The third-order valence-corrected chi connectivity index (χ3v) is 1.99. The molecule has 15 heavy (non-hydrogen) atoms. The van der Waals surface area contributed by atoms with Crippen LogP contribution in [0.1, 0.15) is 54.4 Å². The van der Waals surface area contributed by atoms with E-state index in [1.807, 2.05) is 34.6 Å². The van der Waals surface area contributed by atoms with Crippen molar-refractivity contribution < 1.29 is 9.53 Å². The van der Waals surface area contributed by atoms with E-state index in [0.717, 1.165) is 12.8 Å². The molecule has 0 aromatic rings. The lowest BCUT2D eigenvalue weighted by Crippen LogP contribution is -2.45. The largest absolute Gasteiger partial charge is 0.366 e. The molecule has 0 aliphatic heterocycles. The van der Waals surface area contributed by atoms with E-state index < -0.39 is 0 Å². The molecule has 0 heterocycles. The lowest BCUT2D eigenvalue weighted by molar-refractivity contribution is -0.132. The highest BCUT2D eigenvalue weighted by Crippen LogP contribution is 2.11. The van der Waals surface area contributed by atoms with Crippen molar-refractivity contribution in [2.24, 2.45) is 0 Å². The summed E-state index contributed by atoms with van der Waals surface area (Å²) in [6, 6.07) is 0. The van der Waals surface area contributed by atoms with Gasteiger partial charge in [-0.3, -0.25) is 4.79 Å². The van der Waals surface area contributed by atoms with Crippen molar-refractivity contribution in [1.29, 1.82) is 0 Å². The Hall–Kier alpha value is -0.570. The Morgan fingerprint density at radius 1 is 1.20 bits per heavy atom. The molecule has 0 bridgehead atoms. The summed E-state index contributed by atoms with van der Waals surface area (Å²) in [7, 11) is 0. The first-order chi connectivity index (χ1) is 6.66. The average molecular weight is 215 g/mol. The molecule has 90 valence electrons. The Bertz CT molecular complexity index is 204. The van der Waals surface area contributed by atoms with Crippen molar-refractivity contribution >= 4 is 5.91 Å². The lowest BCUT2D eigenvalue weighted by Gasteiger charge is -2.27. The molecule has 3 nitrogen and oxygen atoms in total. The molecule has 0 unspecified atom stereocenters. The highest BCUT2D eigenvalue weighted by molar-refractivity contribution is 5.77. The van der Waals surface area contributed by atoms with E-state index in [0.29, 0.717) is 0 Å². The molecule has 0 aromatic carbocycles. The van der Waals surface area contributed by atoms with Gasteiger partial charge in [0, 0.05) is 5.54 Å². The number of carbonyl (C=O) groups excluding carboxylic acids is 1. The second kappa shape index (κ2) is 5.50. The summed E-state index contributed by atoms with van der Waals surface area (Å²) in [6.07, 6.45) is 2.04. The van der Waals surface area contributed by atoms with Gasteiger partial charge in [0.1, 0.15) is 6.61 Å². The molecule has 0 fully saturated rings. The molecule has 0 rings (SSSR count). The second-order valence-corrected chi connectivity index (χ2v) is 5.58. The Morgan fingerprint density at radius 2 is 1.73 bits per heavy atom. The third kappa shape index (κ3) is 8.43. The van der Waals surface area contributed by atoms with Crippen LogP contribution in [0.2, 0.25) is 0 Å². The first kappa shape index (κ1) is 14.4. The zero-order valence-electron chi connectivity index (χ0n) is 10.9. The molecule has 1 N–H and O–H groups in total. The van der Waals surface area contributed by atoms with Gasteiger partial charge in [-0.25, -0.2) is 0 Å². The number of hydrogen-bond donors (Lipinski definition) is 1. The number of ether oxygens (including phenoxy) is 1. The van der Waals surface area contributed by atoms with Gasteiger partial charge in [0.15, 0.2) is 0 Å². The summed E-state index contributed by atoms with van der Waals surface area (Å²) in [6.45, 7) is 12.1. The minimum absolute atomic E-state index is 0.0385. The first-order valence-electron chi connectivity index (χ1n) is 5.61. The molecule has 0 aliphatic carbocycles. The molecule has 0 radical (unpaired) electrons. The molecule has 0 spiro atoms. The van der Waals surface area contributed by atoms with Crippen molar-refractivity contribution in [3.05, 3.63) is 0 Å². The molecule has 0 saturated heterocycles. The van der Waals surface area contributed by atoms with Crippen molar-refractivity contribution in [3.63, 3.8) is 0 Å². The average Bonchev–Trinajstić information content (AvgIpc) is 1.98. The van der Waals surface area contributed by atoms with E-state index >= 15 is 0 Å². The quantitative estimate of drug-likeness (QED) is 0.765. The Kier molecular flexibility index (Phi) is 5.29. The maximum Gasteiger partial charge on any atom is 0.246 e. The summed E-state index contributed by atoms with van der Waals surface area (Å²) in [4.78, 5) is 11.5. The predicted molar refractivity (Wildman–Crippen MR) is 62.8 cm³/mol. The highest BCUT2D eigenvalue weighted by Gasteiger charge is 2.20. The van der Waals surface area contributed by atoms with Gasteiger partial charge < -0.3 is 10.1 Å². The summed E-state index contributed by atoms with van der Waals surface area (Å²) in [5.74, 6) is -0.0385. The Labute approximate surface area is 93.6 Å². The molecule has 0 aromatic heterocycles. The SMILES string of the molecule is CCCC(C)(C)NC(=O)COC(C)(C)C. The van der Waals surface area contributed by atoms with Gasteiger partial charge >= 0.3 is 0 Å². The minimum atomic E-state index is -0.258. The standard InChI is InChI=1S/C12H25NO2/c1-7-8-12(5,6)13-10(14)9-15-11(2,3)4/h7-9H2,1-6H3,(H,13,14). The van der Waals surface area contributed by atoms with Crippen LogP contribution in [0.15, 0.2) is 0 Å². The highest BCUT2D eigenvalue weighted by atomic mass is 16.5. The molecular weight excluding hydrogens is 190 g/mol. The predicted octanol–water partition coefficient (Wildman–Crippen LogP) is 2.50. The van der Waals surface area contributed by atoms with Crippen molar-refractivity contribution in [2.45, 2.75) is 65.5 Å². The van der Waals surface area contributed by atoms with Crippen LogP contribution in [0.4, 0.5) is 0 Å². The molecule has 3 heteroatoms. The van der Waals surface area contributed by atoms with E-state index in [1.165, 1.54) is 0 Å². The molecule has 1 amide bonds. The van der Waals surface area contributed by atoms with Crippen LogP contribution in [-0.4, -0.2) is 23.7 Å². The lowest BCUT2D eigenvalue weighted by atomic mass is 9.99. The first-order valence-corrected chi connectivity index (χ1v) is 5.61. The van der Waals surface area contributed by atoms with Crippen molar-refractivity contribution in [2.75, 3.05) is 6.61 Å². The molecule has 0 atom stereocenters. The van der Waals surface area contributed by atoms with E-state index in [1.54, 1.807) is 0 Å². The van der Waals surface area contributed by atoms with Crippen molar-refractivity contribution in [3.8, 4) is 0 Å². The van der Waals surface area contributed by atoms with Crippen LogP contribution in [0.25, 0.3) is 0 Å². The number of nitrogens with one attached hydrogen (secondary N) is 1. The number of rotatable bonds is 5. The monoisotopic (exact) mass is 215 g/mol. The maximum absolute atomic E-state index is 11.5. The van der Waals surface area contributed by atoms with Gasteiger partial charge in [-0.05, 0) is 41.0 Å². The number of amides is 1. The van der Waals surface area contributed by atoms with Crippen LogP contribution in [0.5, 0.6) is 0 Å². The van der Waals surface area contributed by atoms with E-state index in [2.05, 4.69) is 12.2 Å². The fourth-order valence-electron chi connectivity index (χ4n) is 1.38. The van der Waals surface area contributed by atoms with Gasteiger partial charge in [-0.15, -0.1) is 0 Å². The van der Waals surface area contributed by atoms with E-state index in [-0.39, 0.29) is 23.7 Å². The third-order valence-electron chi connectivity index (χ3n) is 1.99. The van der Waals surface area contributed by atoms with Crippen molar-refractivity contribution in [1.82, 2.24) is 5.32 Å². The van der Waals surface area contributed by atoms with Gasteiger partial charge in [0.2, 0.25) is 5.91 Å². The topological polar surface area (TPSA) is 38.3 Å². The van der Waals surface area contributed by atoms with Gasteiger partial charge in [0.25, 0.3) is 0 Å². The molecule has 0 aliphatic rings. The summed E-state index contributed by atoms with van der Waals surface area (Å²) in [5.41, 5.74) is -0.390. The fourth-order valence-corrected chi connectivity index (χ4v) is 1.38. The number of hydrogen-bond acceptors (Lipinski definition) is 2. The Morgan fingerprint density at radius 3 is 2.13 bits per heavy atom. The zero-order valence-corrected chi connectivity index (χ0v) is 10.9. The minimum Gasteiger partial charge on any atom is -0.366 e. The van der Waals surface area contributed by atoms with E-state index in [4.69, 9.17) is 4.74 Å². The van der Waals surface area contributed by atoms with Crippen LogP contribution in [0.3, 0.4) is 0 Å². The smallest absolute Gasteiger partial charge is 0.246 e. The number of carbonyl (C=O) groups is 1. The van der Waals surface area contributed by atoms with Crippen LogP contribution in [-0.2, 0) is 9.53 Å². The van der Waals surface area contributed by atoms with Gasteiger partial charge in [-0.2, -0.15) is 0 Å². The zero-order chi connectivity index (χ0) is 12.1. The molecule has 0 saturated carbocycles. The second-order valence-electron chi connectivity index (χ2n) is 5.58. The summed E-state index contributed by atoms with van der Waals surface area (Å²) in [5, 5.41) is 2.97. The summed E-state index contributed by atoms with van der Waals surface area (Å²) >= 11 is 0. The van der Waals surface area contributed by atoms with Gasteiger partial charge in [0.05, 0.1) is 5.60 Å². The van der Waals surface area contributed by atoms with E-state index in [9.17, 15) is 4.79 Å². The van der Waals surface area contributed by atoms with Crippen LogP contribution < -0.4 is 5.32 Å². The molecular formula is C12H25NO2. The maximum atomic E-state index is 11.5. The summed E-state index contributed by atoms with van der Waals surface area (Å²) < 4.78 is 5.40. The Balaban J connectivity index is 3.93. The normalized spacial score (nSPS) is 12.7.